The molecule has 0 heterocycles. The van der Waals surface area contributed by atoms with Crippen LogP contribution in [0.2, 0.25) is 0 Å². The number of halogens is 3. The molecule has 0 spiro atoms. The van der Waals surface area contributed by atoms with Crippen LogP contribution in [0.15, 0.2) is 29.3 Å². The van der Waals surface area contributed by atoms with Gasteiger partial charge in [-0.05, 0) is 30.5 Å². The normalized spacial score (nSPS) is 12.4. The van der Waals surface area contributed by atoms with Gasteiger partial charge in [0.15, 0.2) is 5.17 Å². The van der Waals surface area contributed by atoms with Crippen molar-refractivity contribution in [2.24, 2.45) is 4.99 Å². The Bertz CT molecular complexity index is 386. The molecule has 0 aliphatic rings. The SMILES string of the molecule is CSC(=Nc1ccc(OC(F)(F)F)cc1)NO. The number of hydroxylamine groups is 1. The molecular formula is C9H9F3N2O2S. The maximum absolute atomic E-state index is 11.9. The Hall–Kier alpha value is -1.41. The van der Waals surface area contributed by atoms with Gasteiger partial charge >= 0.3 is 6.36 Å². The number of rotatable bonds is 2. The number of alkyl halides is 3. The smallest absolute Gasteiger partial charge is 0.406 e. The van der Waals surface area contributed by atoms with Gasteiger partial charge in [-0.1, -0.05) is 11.8 Å². The quantitative estimate of drug-likeness (QED) is 0.491. The van der Waals surface area contributed by atoms with E-state index in [2.05, 4.69) is 9.73 Å². The third-order valence-corrected chi connectivity index (χ3v) is 2.16. The van der Waals surface area contributed by atoms with Crippen molar-refractivity contribution in [2.45, 2.75) is 6.36 Å². The van der Waals surface area contributed by atoms with E-state index in [1.165, 1.54) is 12.1 Å². The van der Waals surface area contributed by atoms with E-state index in [-0.39, 0.29) is 10.9 Å². The van der Waals surface area contributed by atoms with Gasteiger partial charge < -0.3 is 4.74 Å². The molecular weight excluding hydrogens is 257 g/mol. The van der Waals surface area contributed by atoms with E-state index < -0.39 is 6.36 Å². The van der Waals surface area contributed by atoms with Crippen molar-refractivity contribution in [2.75, 3.05) is 6.26 Å². The number of ether oxygens (including phenoxy) is 1. The predicted octanol–water partition coefficient (Wildman–Crippen LogP) is 2.91. The Balaban J connectivity index is 2.78. The van der Waals surface area contributed by atoms with Crippen LogP contribution in [0.25, 0.3) is 0 Å². The second-order valence-electron chi connectivity index (χ2n) is 2.77. The van der Waals surface area contributed by atoms with Gasteiger partial charge in [0.2, 0.25) is 0 Å². The van der Waals surface area contributed by atoms with E-state index in [0.29, 0.717) is 5.69 Å². The first-order valence-corrected chi connectivity index (χ1v) is 5.55. The van der Waals surface area contributed by atoms with Crippen molar-refractivity contribution < 1.29 is 23.1 Å². The number of nitrogens with zero attached hydrogens (tertiary/aromatic N) is 1. The highest BCUT2D eigenvalue weighted by Crippen LogP contribution is 2.25. The first-order chi connectivity index (χ1) is 7.94. The second kappa shape index (κ2) is 5.78. The molecule has 2 N–H and O–H groups in total. The Morgan fingerprint density at radius 2 is 1.94 bits per heavy atom. The predicted molar refractivity (Wildman–Crippen MR) is 58.7 cm³/mol. The number of amidine groups is 1. The van der Waals surface area contributed by atoms with Crippen LogP contribution in [0.3, 0.4) is 0 Å². The molecule has 0 unspecified atom stereocenters. The number of aliphatic imine (C=N–C) groups is 1. The largest absolute Gasteiger partial charge is 0.573 e. The van der Waals surface area contributed by atoms with Crippen molar-refractivity contribution in [3.8, 4) is 5.75 Å². The van der Waals surface area contributed by atoms with E-state index in [1.807, 2.05) is 5.48 Å². The fourth-order valence-corrected chi connectivity index (χ4v) is 1.24. The number of hydrogen-bond donors (Lipinski definition) is 2. The van der Waals surface area contributed by atoms with Crippen molar-refractivity contribution in [1.82, 2.24) is 5.48 Å². The lowest BCUT2D eigenvalue weighted by atomic mass is 10.3. The molecule has 0 saturated heterocycles. The van der Waals surface area contributed by atoms with Crippen LogP contribution in [0.5, 0.6) is 5.75 Å². The fourth-order valence-electron chi connectivity index (χ4n) is 0.956. The molecule has 0 fully saturated rings. The maximum Gasteiger partial charge on any atom is 0.573 e. The highest BCUT2D eigenvalue weighted by atomic mass is 32.2. The summed E-state index contributed by atoms with van der Waals surface area (Å²) in [6, 6.07) is 4.96. The first-order valence-electron chi connectivity index (χ1n) is 4.33. The Morgan fingerprint density at radius 1 is 1.35 bits per heavy atom. The highest BCUT2D eigenvalue weighted by molar-refractivity contribution is 8.13. The molecule has 8 heteroatoms. The molecule has 0 aliphatic carbocycles. The minimum atomic E-state index is -4.71. The molecule has 0 saturated carbocycles. The Kier molecular flexibility index (Phi) is 4.64. The third kappa shape index (κ3) is 4.96. The van der Waals surface area contributed by atoms with Gasteiger partial charge in [-0.3, -0.25) is 5.21 Å². The van der Waals surface area contributed by atoms with Crippen molar-refractivity contribution in [3.05, 3.63) is 24.3 Å². The topological polar surface area (TPSA) is 53.8 Å². The van der Waals surface area contributed by atoms with E-state index >= 15 is 0 Å². The van der Waals surface area contributed by atoms with Crippen LogP contribution in [0.1, 0.15) is 0 Å². The minimum absolute atomic E-state index is 0.231. The molecule has 4 nitrogen and oxygen atoms in total. The van der Waals surface area contributed by atoms with E-state index in [4.69, 9.17) is 5.21 Å². The standard InChI is InChI=1S/C9H9F3N2O2S/c1-17-8(14-15)13-6-2-4-7(5-3-6)16-9(10,11)12/h2-5,15H,1H3,(H,13,14). The summed E-state index contributed by atoms with van der Waals surface area (Å²) in [7, 11) is 0. The molecule has 1 aromatic rings. The molecule has 0 aliphatic heterocycles. The molecule has 1 aromatic carbocycles. The summed E-state index contributed by atoms with van der Waals surface area (Å²) in [4.78, 5) is 3.91. The molecule has 0 aromatic heterocycles. The van der Waals surface area contributed by atoms with Crippen LogP contribution in [0, 0.1) is 0 Å². The Labute approximate surface area is 99.5 Å². The number of nitrogens with one attached hydrogen (secondary N) is 1. The summed E-state index contributed by atoms with van der Waals surface area (Å²) in [5.41, 5.74) is 2.25. The van der Waals surface area contributed by atoms with Crippen LogP contribution in [0.4, 0.5) is 18.9 Å². The van der Waals surface area contributed by atoms with Crippen molar-refractivity contribution in [3.63, 3.8) is 0 Å². The van der Waals surface area contributed by atoms with Gasteiger partial charge in [-0.15, -0.1) is 13.2 Å². The minimum Gasteiger partial charge on any atom is -0.406 e. The van der Waals surface area contributed by atoms with Crippen LogP contribution in [-0.4, -0.2) is 23.0 Å². The maximum atomic E-state index is 11.9. The summed E-state index contributed by atoms with van der Waals surface area (Å²) in [5.74, 6) is -0.320. The molecule has 17 heavy (non-hydrogen) atoms. The zero-order valence-electron chi connectivity index (χ0n) is 8.65. The zero-order valence-corrected chi connectivity index (χ0v) is 9.47. The zero-order chi connectivity index (χ0) is 12.9. The summed E-state index contributed by atoms with van der Waals surface area (Å²) >= 11 is 1.16. The van der Waals surface area contributed by atoms with Crippen LogP contribution in [-0.2, 0) is 0 Å². The second-order valence-corrected chi connectivity index (χ2v) is 3.57. The fraction of sp³-hybridized carbons (Fsp3) is 0.222. The molecule has 1 rings (SSSR count). The number of benzene rings is 1. The Morgan fingerprint density at radius 3 is 2.35 bits per heavy atom. The first kappa shape index (κ1) is 13.7. The molecule has 0 radical (unpaired) electrons. The average Bonchev–Trinajstić information content (AvgIpc) is 2.26. The molecule has 0 atom stereocenters. The molecule has 94 valence electrons. The van der Waals surface area contributed by atoms with Gasteiger partial charge in [-0.2, -0.15) is 0 Å². The monoisotopic (exact) mass is 266 g/mol. The van der Waals surface area contributed by atoms with Crippen molar-refractivity contribution >= 4 is 22.6 Å². The molecule has 0 bridgehead atoms. The highest BCUT2D eigenvalue weighted by Gasteiger charge is 2.30. The van der Waals surface area contributed by atoms with Crippen LogP contribution >= 0.6 is 11.8 Å². The van der Waals surface area contributed by atoms with Crippen LogP contribution < -0.4 is 10.2 Å². The van der Waals surface area contributed by atoms with Gasteiger partial charge in [0, 0.05) is 0 Å². The lowest BCUT2D eigenvalue weighted by Gasteiger charge is -2.08. The average molecular weight is 266 g/mol. The summed E-state index contributed by atoms with van der Waals surface area (Å²) in [5, 5.41) is 8.85. The lowest BCUT2D eigenvalue weighted by Crippen LogP contribution is -2.17. The van der Waals surface area contributed by atoms with E-state index in [1.54, 1.807) is 6.26 Å². The number of hydrogen-bond acceptors (Lipinski definition) is 4. The lowest BCUT2D eigenvalue weighted by molar-refractivity contribution is -0.274. The third-order valence-electron chi connectivity index (χ3n) is 1.59. The van der Waals surface area contributed by atoms with E-state index in [0.717, 1.165) is 23.9 Å². The van der Waals surface area contributed by atoms with Crippen molar-refractivity contribution in [1.29, 1.82) is 0 Å². The summed E-state index contributed by atoms with van der Waals surface area (Å²) in [6.45, 7) is 0. The van der Waals surface area contributed by atoms with Gasteiger partial charge in [0.05, 0.1) is 5.69 Å². The van der Waals surface area contributed by atoms with Gasteiger partial charge in [0.1, 0.15) is 5.75 Å². The number of thioether (sulfide) groups is 1. The summed E-state index contributed by atoms with van der Waals surface area (Å²) < 4.78 is 39.3. The van der Waals surface area contributed by atoms with Gasteiger partial charge in [-0.25, -0.2) is 10.5 Å². The summed E-state index contributed by atoms with van der Waals surface area (Å²) in [6.07, 6.45) is -3.02. The van der Waals surface area contributed by atoms with Gasteiger partial charge in [0.25, 0.3) is 0 Å². The van der Waals surface area contributed by atoms with E-state index in [9.17, 15) is 13.2 Å². The molecule has 0 amide bonds.